The third kappa shape index (κ3) is 3.21. The topological polar surface area (TPSA) is 26.0 Å². The molecule has 0 fully saturated rings. The first-order chi connectivity index (χ1) is 7.19. The third-order valence-electron chi connectivity index (χ3n) is 2.93. The molecule has 0 saturated carbocycles. The molecule has 0 aliphatic carbocycles. The second-order valence-corrected chi connectivity index (χ2v) is 4.07. The Morgan fingerprint density at radius 2 is 2.00 bits per heavy atom. The predicted octanol–water partition coefficient (Wildman–Crippen LogP) is 3.23. The van der Waals surface area contributed by atoms with Gasteiger partial charge in [0.1, 0.15) is 0 Å². The van der Waals surface area contributed by atoms with Gasteiger partial charge in [0.15, 0.2) is 0 Å². The van der Waals surface area contributed by atoms with E-state index >= 15 is 0 Å². The van der Waals surface area contributed by atoms with Gasteiger partial charge in [-0.15, -0.1) is 0 Å². The van der Waals surface area contributed by atoms with E-state index in [1.54, 1.807) is 0 Å². The van der Waals surface area contributed by atoms with Gasteiger partial charge in [0.2, 0.25) is 0 Å². The van der Waals surface area contributed by atoms with E-state index in [0.29, 0.717) is 0 Å². The van der Waals surface area contributed by atoms with Crippen molar-refractivity contribution in [1.82, 2.24) is 0 Å². The second kappa shape index (κ2) is 5.72. The Hall–Kier alpha value is -1.08. The van der Waals surface area contributed by atoms with Crippen LogP contribution in [-0.2, 0) is 6.42 Å². The van der Waals surface area contributed by atoms with Crippen LogP contribution in [0.1, 0.15) is 35.1 Å². The molecule has 1 nitrogen and oxygen atoms in total. The quantitative estimate of drug-likeness (QED) is 0.730. The highest BCUT2D eigenvalue weighted by Crippen LogP contribution is 2.19. The lowest BCUT2D eigenvalue weighted by atomic mass is 9.96. The molecular weight excluding hydrogens is 182 g/mol. The lowest BCUT2D eigenvalue weighted by Crippen LogP contribution is -2.00. The molecule has 0 amide bonds. The van der Waals surface area contributed by atoms with Crippen LogP contribution < -0.4 is 5.73 Å². The van der Waals surface area contributed by atoms with Gasteiger partial charge in [-0.05, 0) is 61.9 Å². The minimum Gasteiger partial charge on any atom is -0.330 e. The number of unbranched alkanes of at least 4 members (excludes halogenated alkanes) is 1. The fourth-order valence-electron chi connectivity index (χ4n) is 1.80. The molecule has 1 heteroatoms. The Kier molecular flexibility index (Phi) is 4.57. The molecule has 1 aromatic rings. The van der Waals surface area contributed by atoms with Gasteiger partial charge in [0.25, 0.3) is 0 Å². The van der Waals surface area contributed by atoms with Crippen LogP contribution in [0.3, 0.4) is 0 Å². The van der Waals surface area contributed by atoms with Crippen molar-refractivity contribution in [2.75, 3.05) is 6.54 Å². The Labute approximate surface area is 93.0 Å². The summed E-state index contributed by atoms with van der Waals surface area (Å²) in [4.78, 5) is 0. The van der Waals surface area contributed by atoms with E-state index in [2.05, 4.69) is 32.6 Å². The highest BCUT2D eigenvalue weighted by molar-refractivity contribution is 5.52. The van der Waals surface area contributed by atoms with Crippen molar-refractivity contribution in [3.05, 3.63) is 41.0 Å². The van der Waals surface area contributed by atoms with Crippen LogP contribution in [-0.4, -0.2) is 6.54 Å². The molecule has 82 valence electrons. The SMILES string of the molecule is C=Cc1cc(C)c(C)c(CCCCN)c1. The van der Waals surface area contributed by atoms with E-state index in [9.17, 15) is 0 Å². The van der Waals surface area contributed by atoms with Crippen molar-refractivity contribution in [3.63, 3.8) is 0 Å². The average Bonchev–Trinajstić information content (AvgIpc) is 2.24. The van der Waals surface area contributed by atoms with Crippen molar-refractivity contribution >= 4 is 6.08 Å². The average molecular weight is 203 g/mol. The normalized spacial score (nSPS) is 10.3. The van der Waals surface area contributed by atoms with Crippen molar-refractivity contribution in [3.8, 4) is 0 Å². The molecule has 0 saturated heterocycles. The molecule has 15 heavy (non-hydrogen) atoms. The molecule has 0 unspecified atom stereocenters. The van der Waals surface area contributed by atoms with Gasteiger partial charge in [-0.3, -0.25) is 0 Å². The van der Waals surface area contributed by atoms with E-state index in [-0.39, 0.29) is 0 Å². The molecule has 1 aromatic carbocycles. The Morgan fingerprint density at radius 3 is 2.60 bits per heavy atom. The summed E-state index contributed by atoms with van der Waals surface area (Å²) in [6.45, 7) is 8.97. The summed E-state index contributed by atoms with van der Waals surface area (Å²) < 4.78 is 0. The predicted molar refractivity (Wildman–Crippen MR) is 68.0 cm³/mol. The Bertz CT molecular complexity index is 339. The smallest absolute Gasteiger partial charge is 0.00772 e. The zero-order valence-corrected chi connectivity index (χ0v) is 9.84. The number of hydrogen-bond acceptors (Lipinski definition) is 1. The fraction of sp³-hybridized carbons (Fsp3) is 0.429. The minimum absolute atomic E-state index is 0.791. The van der Waals surface area contributed by atoms with E-state index in [0.717, 1.165) is 19.4 Å². The van der Waals surface area contributed by atoms with Crippen LogP contribution in [0.15, 0.2) is 18.7 Å². The third-order valence-corrected chi connectivity index (χ3v) is 2.93. The number of rotatable bonds is 5. The van der Waals surface area contributed by atoms with Gasteiger partial charge in [0, 0.05) is 0 Å². The summed E-state index contributed by atoms with van der Waals surface area (Å²) in [6, 6.07) is 4.43. The first-order valence-corrected chi connectivity index (χ1v) is 5.61. The van der Waals surface area contributed by atoms with Crippen molar-refractivity contribution in [2.24, 2.45) is 5.73 Å². The highest BCUT2D eigenvalue weighted by atomic mass is 14.5. The summed E-state index contributed by atoms with van der Waals surface area (Å²) in [7, 11) is 0. The van der Waals surface area contributed by atoms with Gasteiger partial charge in [-0.25, -0.2) is 0 Å². The molecule has 0 heterocycles. The zero-order valence-electron chi connectivity index (χ0n) is 9.84. The molecule has 0 aromatic heterocycles. The molecular formula is C14H21N. The molecule has 0 aliphatic rings. The molecule has 2 N–H and O–H groups in total. The van der Waals surface area contributed by atoms with Crippen LogP contribution in [0.25, 0.3) is 6.08 Å². The summed E-state index contributed by atoms with van der Waals surface area (Å²) in [5.41, 5.74) is 10.9. The van der Waals surface area contributed by atoms with Crippen LogP contribution in [0.4, 0.5) is 0 Å². The van der Waals surface area contributed by atoms with Crippen LogP contribution >= 0.6 is 0 Å². The van der Waals surface area contributed by atoms with Crippen molar-refractivity contribution < 1.29 is 0 Å². The van der Waals surface area contributed by atoms with Crippen LogP contribution in [0.5, 0.6) is 0 Å². The monoisotopic (exact) mass is 203 g/mol. The van der Waals surface area contributed by atoms with Gasteiger partial charge in [-0.1, -0.05) is 24.8 Å². The number of nitrogens with two attached hydrogens (primary N) is 1. The first-order valence-electron chi connectivity index (χ1n) is 5.61. The van der Waals surface area contributed by atoms with Gasteiger partial charge < -0.3 is 5.73 Å². The standard InChI is InChI=1S/C14H21N/c1-4-13-9-11(2)12(3)14(10-13)7-5-6-8-15/h4,9-10H,1,5-8,15H2,2-3H3. The molecule has 1 rings (SSSR count). The number of hydrogen-bond donors (Lipinski definition) is 1. The van der Waals surface area contributed by atoms with E-state index in [1.807, 2.05) is 6.08 Å². The van der Waals surface area contributed by atoms with Gasteiger partial charge in [0.05, 0.1) is 0 Å². The molecule has 0 aliphatic heterocycles. The van der Waals surface area contributed by atoms with Gasteiger partial charge in [-0.2, -0.15) is 0 Å². The summed E-state index contributed by atoms with van der Waals surface area (Å²) in [5.74, 6) is 0. The Morgan fingerprint density at radius 1 is 1.27 bits per heavy atom. The Balaban J connectivity index is 2.85. The van der Waals surface area contributed by atoms with E-state index < -0.39 is 0 Å². The summed E-state index contributed by atoms with van der Waals surface area (Å²) in [6.07, 6.45) is 5.33. The molecule has 0 atom stereocenters. The maximum Gasteiger partial charge on any atom is -0.00772 e. The largest absolute Gasteiger partial charge is 0.330 e. The summed E-state index contributed by atoms with van der Waals surface area (Å²) in [5, 5.41) is 0. The minimum atomic E-state index is 0.791. The van der Waals surface area contributed by atoms with E-state index in [4.69, 9.17) is 5.73 Å². The van der Waals surface area contributed by atoms with Crippen LogP contribution in [0.2, 0.25) is 0 Å². The second-order valence-electron chi connectivity index (χ2n) is 4.07. The molecule has 0 radical (unpaired) electrons. The fourth-order valence-corrected chi connectivity index (χ4v) is 1.80. The lowest BCUT2D eigenvalue weighted by molar-refractivity contribution is 0.742. The van der Waals surface area contributed by atoms with Crippen LogP contribution in [0, 0.1) is 13.8 Å². The first kappa shape index (κ1) is 12.0. The lowest BCUT2D eigenvalue weighted by Gasteiger charge is -2.10. The van der Waals surface area contributed by atoms with Crippen molar-refractivity contribution in [2.45, 2.75) is 33.1 Å². The molecule has 0 bridgehead atoms. The summed E-state index contributed by atoms with van der Waals surface area (Å²) >= 11 is 0. The zero-order chi connectivity index (χ0) is 11.3. The maximum atomic E-state index is 5.50. The van der Waals surface area contributed by atoms with Gasteiger partial charge >= 0.3 is 0 Å². The molecule has 0 spiro atoms. The van der Waals surface area contributed by atoms with Crippen molar-refractivity contribution in [1.29, 1.82) is 0 Å². The maximum absolute atomic E-state index is 5.50. The number of aryl methyl sites for hydroxylation is 2. The van der Waals surface area contributed by atoms with E-state index in [1.165, 1.54) is 28.7 Å². The highest BCUT2D eigenvalue weighted by Gasteiger charge is 2.02. The number of benzene rings is 1.